The van der Waals surface area contributed by atoms with E-state index in [1.807, 2.05) is 18.2 Å². The quantitative estimate of drug-likeness (QED) is 0.184. The largest absolute Gasteiger partial charge is 0.507 e. The molecule has 190 valence electrons. The van der Waals surface area contributed by atoms with Crippen LogP contribution in [0.1, 0.15) is 17.2 Å². The fraction of sp³-hybridized carbons (Fsp3) is 0.0667. The number of hydrogen-bond acceptors (Lipinski definition) is 5. The standard InChI is InChI=1S/C30H21F2NO5/c1-37-25-15-12-20(32)17-24(25)28(34)26-27(33(30(36)29(26)35)21-13-10-19(31)11-14-21)18-6-5-9-23(16-18)38-22-7-3-2-4-8-22/h2-17,27,34H,1H3/b28-26+. The van der Waals surface area contributed by atoms with E-state index in [0.717, 1.165) is 24.3 Å². The first kappa shape index (κ1) is 24.7. The molecule has 1 amide bonds. The lowest BCUT2D eigenvalue weighted by Crippen LogP contribution is -2.29. The second-order valence-electron chi connectivity index (χ2n) is 8.48. The Kier molecular flexibility index (Phi) is 6.62. The first-order valence-corrected chi connectivity index (χ1v) is 11.6. The van der Waals surface area contributed by atoms with Crippen molar-refractivity contribution in [3.05, 3.63) is 125 Å². The molecule has 0 radical (unpaired) electrons. The van der Waals surface area contributed by atoms with Gasteiger partial charge in [-0.3, -0.25) is 14.5 Å². The van der Waals surface area contributed by atoms with E-state index in [0.29, 0.717) is 17.1 Å². The number of carbonyl (C=O) groups excluding carboxylic acids is 2. The average molecular weight is 513 g/mol. The molecule has 5 rings (SSSR count). The summed E-state index contributed by atoms with van der Waals surface area (Å²) in [7, 11) is 1.34. The van der Waals surface area contributed by atoms with Gasteiger partial charge in [-0.05, 0) is 72.3 Å². The van der Waals surface area contributed by atoms with Crippen molar-refractivity contribution in [1.29, 1.82) is 0 Å². The monoisotopic (exact) mass is 513 g/mol. The zero-order valence-corrected chi connectivity index (χ0v) is 20.1. The number of carbonyl (C=O) groups is 2. The molecule has 4 aromatic rings. The molecule has 1 atom stereocenters. The first-order chi connectivity index (χ1) is 18.4. The van der Waals surface area contributed by atoms with Gasteiger partial charge in [0.1, 0.15) is 34.6 Å². The summed E-state index contributed by atoms with van der Waals surface area (Å²) in [4.78, 5) is 27.9. The van der Waals surface area contributed by atoms with Crippen molar-refractivity contribution in [3.8, 4) is 17.2 Å². The predicted octanol–water partition coefficient (Wildman–Crippen LogP) is 6.39. The molecule has 1 N–H and O–H groups in total. The number of rotatable bonds is 6. The number of nitrogens with zero attached hydrogens (tertiary/aromatic N) is 1. The van der Waals surface area contributed by atoms with E-state index in [9.17, 15) is 23.5 Å². The third-order valence-electron chi connectivity index (χ3n) is 6.12. The van der Waals surface area contributed by atoms with E-state index in [4.69, 9.17) is 9.47 Å². The molecule has 1 fully saturated rings. The summed E-state index contributed by atoms with van der Waals surface area (Å²) in [5.74, 6) is -2.63. The predicted molar refractivity (Wildman–Crippen MR) is 137 cm³/mol. The minimum atomic E-state index is -1.13. The summed E-state index contributed by atoms with van der Waals surface area (Å²) in [6.45, 7) is 0. The zero-order chi connectivity index (χ0) is 26.8. The van der Waals surface area contributed by atoms with Crippen LogP contribution in [0.4, 0.5) is 14.5 Å². The number of Topliss-reactive ketones (excluding diaryl/α,β-unsaturated/α-hetero) is 1. The number of ether oxygens (including phenoxy) is 2. The highest BCUT2D eigenvalue weighted by Crippen LogP contribution is 2.44. The fourth-order valence-corrected chi connectivity index (χ4v) is 4.40. The molecule has 0 aromatic heterocycles. The van der Waals surface area contributed by atoms with Gasteiger partial charge in [0.15, 0.2) is 0 Å². The number of halogens is 2. The van der Waals surface area contributed by atoms with Crippen molar-refractivity contribution < 1.29 is 33.0 Å². The summed E-state index contributed by atoms with van der Waals surface area (Å²) < 4.78 is 39.0. The van der Waals surface area contributed by atoms with Gasteiger partial charge in [0.2, 0.25) is 0 Å². The van der Waals surface area contributed by atoms with Crippen LogP contribution < -0.4 is 14.4 Å². The number of amides is 1. The molecule has 8 heteroatoms. The Morgan fingerprint density at radius 2 is 1.50 bits per heavy atom. The normalized spacial score (nSPS) is 16.5. The third kappa shape index (κ3) is 4.59. The van der Waals surface area contributed by atoms with Crippen molar-refractivity contribution in [2.75, 3.05) is 12.0 Å². The van der Waals surface area contributed by atoms with Crippen molar-refractivity contribution in [1.82, 2.24) is 0 Å². The Labute approximate surface area is 217 Å². The molecule has 0 saturated carbocycles. The molecule has 38 heavy (non-hydrogen) atoms. The number of hydrogen-bond donors (Lipinski definition) is 1. The Hall–Kier alpha value is -4.98. The van der Waals surface area contributed by atoms with Crippen molar-refractivity contribution in [2.45, 2.75) is 6.04 Å². The Morgan fingerprint density at radius 1 is 0.816 bits per heavy atom. The van der Waals surface area contributed by atoms with Crippen LogP contribution in [0, 0.1) is 11.6 Å². The van der Waals surface area contributed by atoms with E-state index in [1.165, 1.54) is 30.2 Å². The van der Waals surface area contributed by atoms with Gasteiger partial charge in [-0.15, -0.1) is 0 Å². The van der Waals surface area contributed by atoms with E-state index in [-0.39, 0.29) is 22.6 Å². The number of benzene rings is 4. The summed E-state index contributed by atoms with van der Waals surface area (Å²) in [5.41, 5.74) is 0.295. The molecule has 0 bridgehead atoms. The number of para-hydroxylation sites is 1. The summed E-state index contributed by atoms with van der Waals surface area (Å²) in [6, 6.07) is 23.1. The maximum atomic E-state index is 14.2. The van der Waals surface area contributed by atoms with Gasteiger partial charge < -0.3 is 14.6 Å². The number of aliphatic hydroxyl groups excluding tert-OH is 1. The highest BCUT2D eigenvalue weighted by atomic mass is 19.1. The molecule has 1 saturated heterocycles. The number of aliphatic hydroxyl groups is 1. The molecular formula is C30H21F2NO5. The number of anilines is 1. The Bertz CT molecular complexity index is 1550. The maximum absolute atomic E-state index is 14.2. The highest BCUT2D eigenvalue weighted by Gasteiger charge is 2.47. The molecule has 1 aliphatic rings. The average Bonchev–Trinajstić information content (AvgIpc) is 3.19. The van der Waals surface area contributed by atoms with Gasteiger partial charge >= 0.3 is 0 Å². The molecule has 0 spiro atoms. The lowest BCUT2D eigenvalue weighted by Gasteiger charge is -2.26. The van der Waals surface area contributed by atoms with Crippen LogP contribution >= 0.6 is 0 Å². The Morgan fingerprint density at radius 3 is 2.21 bits per heavy atom. The maximum Gasteiger partial charge on any atom is 0.300 e. The van der Waals surface area contributed by atoms with E-state index in [2.05, 4.69) is 0 Å². The topological polar surface area (TPSA) is 76.1 Å². The van der Waals surface area contributed by atoms with E-state index >= 15 is 0 Å². The lowest BCUT2D eigenvalue weighted by molar-refractivity contribution is -0.132. The van der Waals surface area contributed by atoms with E-state index in [1.54, 1.807) is 36.4 Å². The molecular weight excluding hydrogens is 492 g/mol. The zero-order valence-electron chi connectivity index (χ0n) is 20.1. The minimum absolute atomic E-state index is 0.0914. The summed E-state index contributed by atoms with van der Waals surface area (Å²) in [5, 5.41) is 11.3. The summed E-state index contributed by atoms with van der Waals surface area (Å²) in [6.07, 6.45) is 0. The highest BCUT2D eigenvalue weighted by molar-refractivity contribution is 6.51. The molecule has 1 aliphatic heterocycles. The minimum Gasteiger partial charge on any atom is -0.507 e. The lowest BCUT2D eigenvalue weighted by atomic mass is 9.94. The molecule has 1 unspecified atom stereocenters. The molecule has 6 nitrogen and oxygen atoms in total. The van der Waals surface area contributed by atoms with Gasteiger partial charge in [-0.1, -0.05) is 30.3 Å². The van der Waals surface area contributed by atoms with Gasteiger partial charge in [0.05, 0.1) is 24.3 Å². The van der Waals surface area contributed by atoms with Gasteiger partial charge in [-0.2, -0.15) is 0 Å². The number of ketones is 1. The number of methoxy groups -OCH3 is 1. The molecule has 1 heterocycles. The van der Waals surface area contributed by atoms with Gasteiger partial charge in [0.25, 0.3) is 11.7 Å². The van der Waals surface area contributed by atoms with Crippen LogP contribution in [0.15, 0.2) is 103 Å². The van der Waals surface area contributed by atoms with Gasteiger partial charge in [0, 0.05) is 5.69 Å². The summed E-state index contributed by atoms with van der Waals surface area (Å²) >= 11 is 0. The third-order valence-corrected chi connectivity index (χ3v) is 6.12. The van der Waals surface area contributed by atoms with Gasteiger partial charge in [-0.25, -0.2) is 8.78 Å². The second kappa shape index (κ2) is 10.2. The second-order valence-corrected chi connectivity index (χ2v) is 8.48. The fourth-order valence-electron chi connectivity index (χ4n) is 4.40. The van der Waals surface area contributed by atoms with E-state index < -0.39 is 35.1 Å². The van der Waals surface area contributed by atoms with Crippen LogP contribution in [-0.2, 0) is 9.59 Å². The molecule has 4 aromatic carbocycles. The van der Waals surface area contributed by atoms with Crippen molar-refractivity contribution in [2.24, 2.45) is 0 Å². The van der Waals surface area contributed by atoms with Crippen LogP contribution in [0.3, 0.4) is 0 Å². The van der Waals surface area contributed by atoms with Crippen LogP contribution in [0.5, 0.6) is 17.2 Å². The van der Waals surface area contributed by atoms with Crippen LogP contribution in [0.25, 0.3) is 5.76 Å². The van der Waals surface area contributed by atoms with Crippen LogP contribution in [0.2, 0.25) is 0 Å². The van der Waals surface area contributed by atoms with Crippen LogP contribution in [-0.4, -0.2) is 23.9 Å². The molecule has 0 aliphatic carbocycles. The first-order valence-electron chi connectivity index (χ1n) is 11.6. The van der Waals surface area contributed by atoms with Crippen molar-refractivity contribution in [3.63, 3.8) is 0 Å². The smallest absolute Gasteiger partial charge is 0.300 e. The Balaban J connectivity index is 1.70. The van der Waals surface area contributed by atoms with Crippen molar-refractivity contribution >= 4 is 23.1 Å². The SMILES string of the molecule is COc1ccc(F)cc1/C(O)=C1\C(=O)C(=O)N(c2ccc(F)cc2)C1c1cccc(Oc2ccccc2)c1.